The van der Waals surface area contributed by atoms with Crippen LogP contribution in [0.5, 0.6) is 11.5 Å². The number of hydrogen-bond donors (Lipinski definition) is 2. The number of benzene rings is 2. The van der Waals surface area contributed by atoms with Gasteiger partial charge in [-0.05, 0) is 36.4 Å². The number of fused-ring (bicyclic) bond motifs is 1. The Hall–Kier alpha value is -4.08. The summed E-state index contributed by atoms with van der Waals surface area (Å²) in [6.07, 6.45) is 0.124. The summed E-state index contributed by atoms with van der Waals surface area (Å²) in [5.41, 5.74) is 1.89. The SMILES string of the molecule is O=C(Nc1ccc(-c2noc(=O)[nH]2)cc1)C1CC(=O)N(c2ccc3c(c2)OCCO3)C1. The van der Waals surface area contributed by atoms with Gasteiger partial charge in [-0.3, -0.25) is 19.1 Å². The highest BCUT2D eigenvalue weighted by atomic mass is 16.6. The van der Waals surface area contributed by atoms with Crippen molar-refractivity contribution in [2.24, 2.45) is 5.92 Å². The van der Waals surface area contributed by atoms with E-state index in [-0.39, 0.29) is 24.8 Å². The molecule has 10 heteroatoms. The molecule has 1 aromatic heterocycles. The molecule has 1 fully saturated rings. The summed E-state index contributed by atoms with van der Waals surface area (Å²) in [7, 11) is 0. The molecule has 31 heavy (non-hydrogen) atoms. The average Bonchev–Trinajstić information content (AvgIpc) is 3.40. The third-order valence-corrected chi connectivity index (χ3v) is 5.20. The molecule has 2 amide bonds. The van der Waals surface area contributed by atoms with Gasteiger partial charge in [-0.15, -0.1) is 0 Å². The molecule has 1 saturated heterocycles. The first-order valence-electron chi connectivity index (χ1n) is 9.74. The van der Waals surface area contributed by atoms with E-state index in [4.69, 9.17) is 9.47 Å². The second-order valence-corrected chi connectivity index (χ2v) is 7.24. The third-order valence-electron chi connectivity index (χ3n) is 5.20. The van der Waals surface area contributed by atoms with Crippen molar-refractivity contribution in [2.45, 2.75) is 6.42 Å². The molecule has 3 aromatic rings. The lowest BCUT2D eigenvalue weighted by Crippen LogP contribution is -2.28. The van der Waals surface area contributed by atoms with Crippen LogP contribution in [-0.2, 0) is 9.59 Å². The van der Waals surface area contributed by atoms with Crippen molar-refractivity contribution < 1.29 is 23.6 Å². The van der Waals surface area contributed by atoms with Crippen LogP contribution in [0.15, 0.2) is 51.8 Å². The van der Waals surface area contributed by atoms with Gasteiger partial charge in [-0.25, -0.2) is 4.79 Å². The van der Waals surface area contributed by atoms with Gasteiger partial charge in [-0.1, -0.05) is 5.16 Å². The van der Waals surface area contributed by atoms with Crippen LogP contribution in [0, 0.1) is 5.92 Å². The van der Waals surface area contributed by atoms with Gasteiger partial charge >= 0.3 is 5.76 Å². The zero-order valence-electron chi connectivity index (χ0n) is 16.3. The largest absolute Gasteiger partial charge is 0.486 e. The van der Waals surface area contributed by atoms with E-state index < -0.39 is 11.7 Å². The standard InChI is InChI=1S/C21H18N4O6/c26-18-9-13(11-25(18)15-5-6-16-17(10-15)30-8-7-29-16)20(27)22-14-3-1-12(2-4-14)19-23-21(28)31-24-19/h1-6,10,13H,7-9,11H2,(H,22,27)(H,23,24,28). The molecule has 0 spiro atoms. The molecule has 0 saturated carbocycles. The summed E-state index contributed by atoms with van der Waals surface area (Å²) >= 11 is 0. The number of carbonyl (C=O) groups is 2. The summed E-state index contributed by atoms with van der Waals surface area (Å²) in [6.45, 7) is 1.23. The number of nitrogens with one attached hydrogen (secondary N) is 2. The normalized spacial score (nSPS) is 17.6. The van der Waals surface area contributed by atoms with E-state index in [2.05, 4.69) is 20.0 Å². The lowest BCUT2D eigenvalue weighted by molar-refractivity contribution is -0.122. The molecule has 0 radical (unpaired) electrons. The van der Waals surface area contributed by atoms with Crippen molar-refractivity contribution in [3.63, 3.8) is 0 Å². The number of H-pyrrole nitrogens is 1. The number of amides is 2. The number of aromatic amines is 1. The zero-order valence-corrected chi connectivity index (χ0v) is 16.3. The van der Waals surface area contributed by atoms with Gasteiger partial charge in [0.05, 0.1) is 5.92 Å². The van der Waals surface area contributed by atoms with Crippen LogP contribution < -0.4 is 25.4 Å². The van der Waals surface area contributed by atoms with Gasteiger partial charge in [0.2, 0.25) is 11.8 Å². The molecular formula is C21H18N4O6. The molecule has 2 aliphatic heterocycles. The molecule has 1 unspecified atom stereocenters. The summed E-state index contributed by atoms with van der Waals surface area (Å²) < 4.78 is 15.6. The summed E-state index contributed by atoms with van der Waals surface area (Å²) in [6, 6.07) is 12.1. The fourth-order valence-corrected chi connectivity index (χ4v) is 3.64. The lowest BCUT2D eigenvalue weighted by Gasteiger charge is -2.22. The molecule has 5 rings (SSSR count). The summed E-state index contributed by atoms with van der Waals surface area (Å²) in [5.74, 6) is 0.0673. The molecule has 3 heterocycles. The van der Waals surface area contributed by atoms with Crippen molar-refractivity contribution in [3.8, 4) is 22.9 Å². The van der Waals surface area contributed by atoms with Gasteiger partial charge in [0.15, 0.2) is 17.3 Å². The maximum Gasteiger partial charge on any atom is 0.439 e. The molecule has 2 N–H and O–H groups in total. The molecule has 1 atom stereocenters. The van der Waals surface area contributed by atoms with Crippen LogP contribution >= 0.6 is 0 Å². The molecule has 2 aliphatic rings. The molecule has 2 aromatic carbocycles. The molecule has 10 nitrogen and oxygen atoms in total. The highest BCUT2D eigenvalue weighted by molar-refractivity contribution is 6.03. The summed E-state index contributed by atoms with van der Waals surface area (Å²) in [5, 5.41) is 6.45. The number of hydrogen-bond acceptors (Lipinski definition) is 7. The van der Waals surface area contributed by atoms with E-state index in [1.807, 2.05) is 0 Å². The minimum atomic E-state index is -0.638. The Morgan fingerprint density at radius 1 is 1.06 bits per heavy atom. The van der Waals surface area contributed by atoms with Crippen molar-refractivity contribution in [1.29, 1.82) is 0 Å². The minimum absolute atomic E-state index is 0.123. The number of carbonyl (C=O) groups excluding carboxylic acids is 2. The number of nitrogens with zero attached hydrogens (tertiary/aromatic N) is 2. The van der Waals surface area contributed by atoms with Crippen LogP contribution in [0.25, 0.3) is 11.4 Å². The highest BCUT2D eigenvalue weighted by Crippen LogP contribution is 2.36. The van der Waals surface area contributed by atoms with Gasteiger partial charge < -0.3 is 19.7 Å². The number of rotatable bonds is 4. The summed E-state index contributed by atoms with van der Waals surface area (Å²) in [4.78, 5) is 40.4. The van der Waals surface area contributed by atoms with Gasteiger partial charge in [-0.2, -0.15) is 0 Å². The minimum Gasteiger partial charge on any atom is -0.486 e. The Morgan fingerprint density at radius 3 is 2.58 bits per heavy atom. The predicted octanol–water partition coefficient (Wildman–Crippen LogP) is 1.79. The molecular weight excluding hydrogens is 404 g/mol. The van der Waals surface area contributed by atoms with Crippen molar-refractivity contribution >= 4 is 23.2 Å². The van der Waals surface area contributed by atoms with Gasteiger partial charge in [0.1, 0.15) is 13.2 Å². The number of ether oxygens (including phenoxy) is 2. The van der Waals surface area contributed by atoms with E-state index in [0.717, 1.165) is 0 Å². The van der Waals surface area contributed by atoms with Crippen molar-refractivity contribution in [1.82, 2.24) is 10.1 Å². The molecule has 0 bridgehead atoms. The molecule has 158 valence electrons. The fraction of sp³-hybridized carbons (Fsp3) is 0.238. The second-order valence-electron chi connectivity index (χ2n) is 7.24. The van der Waals surface area contributed by atoms with Crippen molar-refractivity contribution in [3.05, 3.63) is 53.0 Å². The van der Waals surface area contributed by atoms with Gasteiger partial charge in [0.25, 0.3) is 0 Å². The Morgan fingerprint density at radius 2 is 1.84 bits per heavy atom. The Labute approximate surface area is 175 Å². The van der Waals surface area contributed by atoms with E-state index in [0.29, 0.717) is 47.5 Å². The second kappa shape index (κ2) is 7.63. The van der Waals surface area contributed by atoms with Gasteiger partial charge in [0, 0.05) is 36.0 Å². The average molecular weight is 422 g/mol. The topological polar surface area (TPSA) is 127 Å². The monoisotopic (exact) mass is 422 g/mol. The first-order chi connectivity index (χ1) is 15.1. The van der Waals surface area contributed by atoms with Crippen LogP contribution in [0.4, 0.5) is 11.4 Å². The Bertz CT molecular complexity index is 1200. The Balaban J connectivity index is 1.25. The van der Waals surface area contributed by atoms with Crippen LogP contribution in [0.3, 0.4) is 0 Å². The first-order valence-corrected chi connectivity index (χ1v) is 9.74. The van der Waals surface area contributed by atoms with E-state index in [9.17, 15) is 14.4 Å². The molecule has 0 aliphatic carbocycles. The fourth-order valence-electron chi connectivity index (χ4n) is 3.64. The first kappa shape index (κ1) is 18.9. The Kier molecular flexibility index (Phi) is 4.66. The zero-order chi connectivity index (χ0) is 21.4. The van der Waals surface area contributed by atoms with Crippen LogP contribution in [0.2, 0.25) is 0 Å². The number of anilines is 2. The predicted molar refractivity (Wildman–Crippen MR) is 109 cm³/mol. The smallest absolute Gasteiger partial charge is 0.439 e. The third kappa shape index (κ3) is 3.75. The lowest BCUT2D eigenvalue weighted by atomic mass is 10.1. The number of aromatic nitrogens is 2. The van der Waals surface area contributed by atoms with Crippen LogP contribution in [-0.4, -0.2) is 41.7 Å². The van der Waals surface area contributed by atoms with E-state index in [1.165, 1.54) is 0 Å². The maximum absolute atomic E-state index is 12.7. The van der Waals surface area contributed by atoms with Crippen molar-refractivity contribution in [2.75, 3.05) is 30.0 Å². The van der Waals surface area contributed by atoms with E-state index >= 15 is 0 Å². The van der Waals surface area contributed by atoms with Crippen LogP contribution in [0.1, 0.15) is 6.42 Å². The highest BCUT2D eigenvalue weighted by Gasteiger charge is 2.35. The van der Waals surface area contributed by atoms with E-state index in [1.54, 1.807) is 47.4 Å². The quantitative estimate of drug-likeness (QED) is 0.656. The maximum atomic E-state index is 12.7.